The molecule has 0 unspecified atom stereocenters. The molecule has 2 N–H and O–H groups in total. The fourth-order valence-corrected chi connectivity index (χ4v) is 1.66. The normalized spacial score (nSPS) is 10.3. The van der Waals surface area contributed by atoms with Gasteiger partial charge in [-0.1, -0.05) is 19.9 Å². The highest BCUT2D eigenvalue weighted by molar-refractivity contribution is 5.97. The molecule has 0 saturated carbocycles. The summed E-state index contributed by atoms with van der Waals surface area (Å²) >= 11 is 0. The van der Waals surface area contributed by atoms with Crippen LogP contribution in [0.1, 0.15) is 34.6 Å². The van der Waals surface area contributed by atoms with E-state index < -0.39 is 5.97 Å². The molecule has 0 aliphatic rings. The lowest BCUT2D eigenvalue weighted by Crippen LogP contribution is -2.37. The summed E-state index contributed by atoms with van der Waals surface area (Å²) in [6.45, 7) is 4.30. The van der Waals surface area contributed by atoms with E-state index in [0.717, 1.165) is 0 Å². The Hall–Kier alpha value is -2.37. The van der Waals surface area contributed by atoms with Crippen LogP contribution in [0.15, 0.2) is 24.3 Å². The fraction of sp³-hybridized carbons (Fsp3) is 0.400. The largest absolute Gasteiger partial charge is 0.478 e. The molecule has 0 spiro atoms. The van der Waals surface area contributed by atoms with Gasteiger partial charge in [0.15, 0.2) is 0 Å². The van der Waals surface area contributed by atoms with E-state index in [0.29, 0.717) is 18.7 Å². The third kappa shape index (κ3) is 4.91. The average molecular weight is 292 g/mol. The molecule has 0 heterocycles. The van der Waals surface area contributed by atoms with Crippen LogP contribution in [0.2, 0.25) is 0 Å². The van der Waals surface area contributed by atoms with Gasteiger partial charge in [0.05, 0.1) is 5.56 Å². The Balaban J connectivity index is 2.60. The van der Waals surface area contributed by atoms with E-state index in [4.69, 9.17) is 5.11 Å². The molecule has 6 nitrogen and oxygen atoms in total. The van der Waals surface area contributed by atoms with Crippen LogP contribution in [0.25, 0.3) is 0 Å². The maximum absolute atomic E-state index is 12.1. The van der Waals surface area contributed by atoms with E-state index in [2.05, 4.69) is 5.32 Å². The second kappa shape index (κ2) is 7.42. The molecular weight excluding hydrogens is 272 g/mol. The molecular formula is C15H20N2O4. The zero-order valence-electron chi connectivity index (χ0n) is 12.4. The molecule has 0 aromatic heterocycles. The number of carboxylic acids is 1. The number of likely N-dealkylation sites (N-methyl/N-ethyl adjacent to an activating group) is 1. The van der Waals surface area contributed by atoms with Gasteiger partial charge in [-0.25, -0.2) is 4.79 Å². The molecule has 0 aliphatic heterocycles. The van der Waals surface area contributed by atoms with Crippen LogP contribution in [-0.4, -0.2) is 47.9 Å². The lowest BCUT2D eigenvalue weighted by Gasteiger charge is -2.18. The number of nitrogens with zero attached hydrogens (tertiary/aromatic N) is 1. The number of rotatable bonds is 6. The highest BCUT2D eigenvalue weighted by Crippen LogP contribution is 2.07. The molecule has 0 saturated heterocycles. The van der Waals surface area contributed by atoms with Gasteiger partial charge in [0, 0.05) is 31.6 Å². The quantitative estimate of drug-likeness (QED) is 0.825. The van der Waals surface area contributed by atoms with Gasteiger partial charge in [0.25, 0.3) is 5.91 Å². The van der Waals surface area contributed by atoms with Crippen molar-refractivity contribution in [2.24, 2.45) is 5.92 Å². The standard InChI is InChI=1S/C15H20N2O4/c1-10(2)13(18)16-7-8-17(3)14(19)11-5-4-6-12(9-11)15(20)21/h4-6,9-10H,7-8H2,1-3H3,(H,16,18)(H,20,21). The highest BCUT2D eigenvalue weighted by atomic mass is 16.4. The van der Waals surface area contributed by atoms with Crippen molar-refractivity contribution in [2.75, 3.05) is 20.1 Å². The first-order valence-corrected chi connectivity index (χ1v) is 6.69. The van der Waals surface area contributed by atoms with E-state index in [1.54, 1.807) is 27.0 Å². The van der Waals surface area contributed by atoms with E-state index in [9.17, 15) is 14.4 Å². The van der Waals surface area contributed by atoms with Crippen LogP contribution >= 0.6 is 0 Å². The molecule has 2 amide bonds. The molecule has 6 heteroatoms. The van der Waals surface area contributed by atoms with Crippen LogP contribution in [0.4, 0.5) is 0 Å². The van der Waals surface area contributed by atoms with Crippen LogP contribution in [0.5, 0.6) is 0 Å². The number of hydrogen-bond donors (Lipinski definition) is 2. The van der Waals surface area contributed by atoms with Gasteiger partial charge in [-0.15, -0.1) is 0 Å². The molecule has 0 aliphatic carbocycles. The smallest absolute Gasteiger partial charge is 0.335 e. The second-order valence-corrected chi connectivity index (χ2v) is 5.06. The van der Waals surface area contributed by atoms with E-state index in [1.807, 2.05) is 0 Å². The zero-order chi connectivity index (χ0) is 16.0. The van der Waals surface area contributed by atoms with Crippen molar-refractivity contribution in [1.29, 1.82) is 0 Å². The average Bonchev–Trinajstić information content (AvgIpc) is 2.46. The number of carbonyl (C=O) groups is 3. The Morgan fingerprint density at radius 2 is 1.86 bits per heavy atom. The minimum absolute atomic E-state index is 0.0660. The molecule has 21 heavy (non-hydrogen) atoms. The summed E-state index contributed by atoms with van der Waals surface area (Å²) in [5.41, 5.74) is 0.384. The van der Waals surface area contributed by atoms with Crippen molar-refractivity contribution >= 4 is 17.8 Å². The summed E-state index contributed by atoms with van der Waals surface area (Å²) in [6, 6.07) is 5.87. The van der Waals surface area contributed by atoms with E-state index in [1.165, 1.54) is 23.1 Å². The van der Waals surface area contributed by atoms with Crippen LogP contribution in [0.3, 0.4) is 0 Å². The highest BCUT2D eigenvalue weighted by Gasteiger charge is 2.14. The predicted octanol–water partition coefficient (Wildman–Crippen LogP) is 1.23. The number of carboxylic acid groups (broad SMARTS) is 1. The van der Waals surface area contributed by atoms with Gasteiger partial charge >= 0.3 is 5.97 Å². The van der Waals surface area contributed by atoms with E-state index in [-0.39, 0.29) is 23.3 Å². The SMILES string of the molecule is CC(C)C(=O)NCCN(C)C(=O)c1cccc(C(=O)O)c1. The first kappa shape index (κ1) is 16.7. The topological polar surface area (TPSA) is 86.7 Å². The molecule has 1 rings (SSSR count). The first-order valence-electron chi connectivity index (χ1n) is 6.69. The van der Waals surface area contributed by atoms with Crippen molar-refractivity contribution in [3.05, 3.63) is 35.4 Å². The number of hydrogen-bond acceptors (Lipinski definition) is 3. The maximum Gasteiger partial charge on any atom is 0.335 e. The Morgan fingerprint density at radius 1 is 1.24 bits per heavy atom. The molecule has 1 aromatic rings. The van der Waals surface area contributed by atoms with Crippen LogP contribution < -0.4 is 5.32 Å². The number of amides is 2. The monoisotopic (exact) mass is 292 g/mol. The van der Waals surface area contributed by atoms with Crippen molar-refractivity contribution in [2.45, 2.75) is 13.8 Å². The van der Waals surface area contributed by atoms with Crippen LogP contribution in [0, 0.1) is 5.92 Å². The molecule has 0 radical (unpaired) electrons. The lowest BCUT2D eigenvalue weighted by atomic mass is 10.1. The number of carbonyl (C=O) groups excluding carboxylic acids is 2. The predicted molar refractivity (Wildman–Crippen MR) is 78.2 cm³/mol. The molecule has 0 atom stereocenters. The molecule has 0 bridgehead atoms. The van der Waals surface area contributed by atoms with Crippen molar-refractivity contribution in [3.8, 4) is 0 Å². The second-order valence-electron chi connectivity index (χ2n) is 5.06. The summed E-state index contributed by atoms with van der Waals surface area (Å²) < 4.78 is 0. The zero-order valence-corrected chi connectivity index (χ0v) is 12.4. The summed E-state index contributed by atoms with van der Waals surface area (Å²) in [5, 5.41) is 11.6. The molecule has 0 fully saturated rings. The maximum atomic E-state index is 12.1. The van der Waals surface area contributed by atoms with Gasteiger partial charge in [-0.3, -0.25) is 9.59 Å². The fourth-order valence-electron chi connectivity index (χ4n) is 1.66. The minimum Gasteiger partial charge on any atom is -0.478 e. The van der Waals surface area contributed by atoms with Crippen molar-refractivity contribution in [1.82, 2.24) is 10.2 Å². The number of nitrogens with one attached hydrogen (secondary N) is 1. The Morgan fingerprint density at radius 3 is 2.43 bits per heavy atom. The first-order chi connectivity index (χ1) is 9.82. The van der Waals surface area contributed by atoms with Gasteiger partial charge in [-0.2, -0.15) is 0 Å². The minimum atomic E-state index is -1.07. The van der Waals surface area contributed by atoms with Gasteiger partial charge in [0.1, 0.15) is 0 Å². The number of benzene rings is 1. The molecule has 114 valence electrons. The summed E-state index contributed by atoms with van der Waals surface area (Å²) in [7, 11) is 1.61. The summed E-state index contributed by atoms with van der Waals surface area (Å²) in [5.74, 6) is -1.52. The third-order valence-corrected chi connectivity index (χ3v) is 2.97. The number of aromatic carboxylic acids is 1. The Kier molecular flexibility index (Phi) is 5.90. The van der Waals surface area contributed by atoms with Crippen molar-refractivity contribution in [3.63, 3.8) is 0 Å². The van der Waals surface area contributed by atoms with Gasteiger partial charge in [0.2, 0.25) is 5.91 Å². The van der Waals surface area contributed by atoms with Crippen molar-refractivity contribution < 1.29 is 19.5 Å². The third-order valence-electron chi connectivity index (χ3n) is 2.97. The van der Waals surface area contributed by atoms with Gasteiger partial charge < -0.3 is 15.3 Å². The Labute approximate surface area is 123 Å². The summed E-state index contributed by atoms with van der Waals surface area (Å²) in [4.78, 5) is 35.9. The van der Waals surface area contributed by atoms with Crippen LogP contribution in [-0.2, 0) is 4.79 Å². The van der Waals surface area contributed by atoms with Gasteiger partial charge in [-0.05, 0) is 18.2 Å². The summed E-state index contributed by atoms with van der Waals surface area (Å²) in [6.07, 6.45) is 0. The molecule has 1 aromatic carbocycles. The van der Waals surface area contributed by atoms with E-state index >= 15 is 0 Å². The lowest BCUT2D eigenvalue weighted by molar-refractivity contribution is -0.124. The Bertz CT molecular complexity index is 540.